The van der Waals surface area contributed by atoms with Crippen LogP contribution in [0.25, 0.3) is 0 Å². The summed E-state index contributed by atoms with van der Waals surface area (Å²) in [6, 6.07) is 13.1. The summed E-state index contributed by atoms with van der Waals surface area (Å²) < 4.78 is 19.0. The number of allylic oxidation sites excluding steroid dienone is 4. The lowest BCUT2D eigenvalue weighted by molar-refractivity contribution is -0.201. The Morgan fingerprint density at radius 1 is 0.895 bits per heavy atom. The zero-order valence-electron chi connectivity index (χ0n) is 42.3. The monoisotopic (exact) mass is 1050 g/mol. The third kappa shape index (κ3) is 9.46. The number of carbonyl (C=O) groups is 9. The number of ketones is 2. The predicted molar refractivity (Wildman–Crippen MR) is 267 cm³/mol. The smallest absolute Gasteiger partial charge is 0.407 e. The Labute approximate surface area is 438 Å². The summed E-state index contributed by atoms with van der Waals surface area (Å²) in [5.41, 5.74) is 0.844. The molecule has 11 rings (SSSR count). The maximum atomic E-state index is 14.0. The number of hydrogen-bond donors (Lipinski definition) is 7. The molecule has 7 N–H and O–H groups in total. The third-order valence-electron chi connectivity index (χ3n) is 17.9. The van der Waals surface area contributed by atoms with Gasteiger partial charge in [0.2, 0.25) is 17.7 Å². The predicted octanol–water partition coefficient (Wildman–Crippen LogP) is 3.40. The number of imide groups is 1. The number of aliphatic carboxylic acids is 1. The summed E-state index contributed by atoms with van der Waals surface area (Å²) in [6.45, 7) is 2.65. The first-order chi connectivity index (χ1) is 36.2. The summed E-state index contributed by atoms with van der Waals surface area (Å²) in [6.07, 6.45) is 9.29. The van der Waals surface area contributed by atoms with E-state index < -0.39 is 108 Å². The van der Waals surface area contributed by atoms with Crippen molar-refractivity contribution in [3.8, 4) is 0 Å². The number of amides is 6. The maximum absolute atomic E-state index is 14.0. The minimum atomic E-state index is -1.44. The number of anilines is 1. The average molecular weight is 1050 g/mol. The lowest BCUT2D eigenvalue weighted by Gasteiger charge is -2.70. The Hall–Kier alpha value is -6.87. The standard InChI is InChI=1S/C56H63N5O15/c1-52-19-17-36(63)21-34(52)9-12-37-38-22-42-56(41(65)26-62,53(38,2)24-40(64)48(37)52)76-50(75-42)33-7-3-31(4-8-33)23-54-28-55(29-54,30-54)60-51(73)74-27-32-5-10-35(11-6-32)58-49(72)39(13-16-47(70)71)59-44(67)25-57-43(66)18-20-61-45(68)14-15-46(61)69/h3-8,10-11,14-15,17,19,21,37-40,42,48,50,62,64H,9,12-13,16,18,20,22-30H2,1-2H3,(H,57,66)(H,58,72)(H,59,67)(H,60,73)(H,70,71)/t37-,38-,39-,40-,42+,48+,50-,52-,53-,54?,55?,56+/m0/s1. The lowest BCUT2D eigenvalue weighted by Crippen LogP contribution is -2.75. The summed E-state index contributed by atoms with van der Waals surface area (Å²) in [5.74, 6) is -4.91. The molecule has 1 saturated heterocycles. The number of aliphatic hydroxyl groups is 2. The molecule has 6 amide bonds. The van der Waals surface area contributed by atoms with Gasteiger partial charge in [-0.05, 0) is 110 Å². The van der Waals surface area contributed by atoms with Crippen molar-refractivity contribution < 1.29 is 72.7 Å². The molecular weight excluding hydrogens is 983 g/mol. The fourth-order valence-corrected chi connectivity index (χ4v) is 14.6. The number of rotatable bonds is 19. The number of Topliss-reactive ketones (excluding diaryl/α,β-unsaturated/α-hetero) is 1. The van der Waals surface area contributed by atoms with Crippen LogP contribution in [0.15, 0.2) is 84.5 Å². The lowest BCUT2D eigenvalue weighted by atomic mass is 9.38. The summed E-state index contributed by atoms with van der Waals surface area (Å²) in [4.78, 5) is 113. The second kappa shape index (κ2) is 19.9. The van der Waals surface area contributed by atoms with Crippen molar-refractivity contribution in [3.05, 3.63) is 101 Å². The molecule has 9 aliphatic rings. The van der Waals surface area contributed by atoms with Crippen molar-refractivity contribution in [1.29, 1.82) is 0 Å². The number of carboxylic acids is 1. The zero-order chi connectivity index (χ0) is 54.0. The van der Waals surface area contributed by atoms with Crippen LogP contribution in [0.3, 0.4) is 0 Å². The zero-order valence-corrected chi connectivity index (χ0v) is 42.3. The Morgan fingerprint density at radius 2 is 1.59 bits per heavy atom. The Balaban J connectivity index is 0.668. The summed E-state index contributed by atoms with van der Waals surface area (Å²) in [5, 5.41) is 42.1. The van der Waals surface area contributed by atoms with Crippen molar-refractivity contribution in [2.24, 2.45) is 34.0 Å². The van der Waals surface area contributed by atoms with Gasteiger partial charge >= 0.3 is 12.1 Å². The Morgan fingerprint density at radius 3 is 2.28 bits per heavy atom. The van der Waals surface area contributed by atoms with Crippen LogP contribution >= 0.6 is 0 Å². The van der Waals surface area contributed by atoms with Crippen molar-refractivity contribution in [2.45, 2.75) is 127 Å². The van der Waals surface area contributed by atoms with Gasteiger partial charge in [0.05, 0.1) is 18.8 Å². The second-order valence-corrected chi connectivity index (χ2v) is 22.7. The summed E-state index contributed by atoms with van der Waals surface area (Å²) in [7, 11) is 0. The van der Waals surface area contributed by atoms with E-state index in [4.69, 9.17) is 14.2 Å². The van der Waals surface area contributed by atoms with E-state index in [2.05, 4.69) is 28.2 Å². The van der Waals surface area contributed by atoms with Gasteiger partial charge in [-0.25, -0.2) is 4.79 Å². The molecule has 20 nitrogen and oxygen atoms in total. The van der Waals surface area contributed by atoms with Crippen molar-refractivity contribution in [2.75, 3.05) is 25.0 Å². The number of fused-ring (bicyclic) bond motifs is 7. The molecule has 6 saturated carbocycles. The van der Waals surface area contributed by atoms with E-state index in [1.54, 1.807) is 36.4 Å². The van der Waals surface area contributed by atoms with Crippen LogP contribution in [0.2, 0.25) is 0 Å². The first kappa shape index (κ1) is 52.6. The molecule has 0 radical (unpaired) electrons. The van der Waals surface area contributed by atoms with Crippen LogP contribution < -0.4 is 21.3 Å². The molecule has 2 aromatic rings. The van der Waals surface area contributed by atoms with Gasteiger partial charge < -0.3 is 50.8 Å². The highest BCUT2D eigenvalue weighted by molar-refractivity contribution is 6.13. The number of carboxylic acid groups (broad SMARTS) is 1. The Kier molecular flexibility index (Phi) is 13.8. The quantitative estimate of drug-likeness (QED) is 0.0993. The molecule has 7 aliphatic carbocycles. The molecule has 20 heteroatoms. The molecule has 402 valence electrons. The largest absolute Gasteiger partial charge is 0.481 e. The van der Waals surface area contributed by atoms with E-state index >= 15 is 0 Å². The molecule has 7 fully saturated rings. The molecule has 76 heavy (non-hydrogen) atoms. The number of ether oxygens (including phenoxy) is 3. The van der Waals surface area contributed by atoms with Crippen molar-refractivity contribution >= 4 is 58.9 Å². The topological polar surface area (TPSA) is 293 Å². The van der Waals surface area contributed by atoms with E-state index in [1.807, 2.05) is 37.3 Å². The number of nitrogens with one attached hydrogen (secondary N) is 4. The van der Waals surface area contributed by atoms with Crippen LogP contribution in [0, 0.1) is 34.0 Å². The molecule has 2 aliphatic heterocycles. The first-order valence-corrected chi connectivity index (χ1v) is 26.0. The molecule has 2 heterocycles. The van der Waals surface area contributed by atoms with E-state index in [1.165, 1.54) is 0 Å². The normalized spacial score (nSPS) is 33.6. The maximum Gasteiger partial charge on any atom is 0.407 e. The number of benzene rings is 2. The average Bonchev–Trinajstić information content (AvgIpc) is 4.17. The second-order valence-electron chi connectivity index (χ2n) is 22.7. The molecule has 0 spiro atoms. The van der Waals surface area contributed by atoms with Gasteiger partial charge in [-0.2, -0.15) is 0 Å². The molecule has 0 aromatic heterocycles. The van der Waals surface area contributed by atoms with Crippen LogP contribution in [-0.2, 0) is 65.6 Å². The molecule has 0 unspecified atom stereocenters. The summed E-state index contributed by atoms with van der Waals surface area (Å²) >= 11 is 0. The first-order valence-electron chi connectivity index (χ1n) is 26.0. The molecule has 2 bridgehead atoms. The van der Waals surface area contributed by atoms with E-state index in [-0.39, 0.29) is 60.5 Å². The van der Waals surface area contributed by atoms with Crippen LogP contribution in [0.5, 0.6) is 0 Å². The van der Waals surface area contributed by atoms with E-state index in [9.17, 15) is 58.5 Å². The van der Waals surface area contributed by atoms with Gasteiger partial charge in [-0.15, -0.1) is 0 Å². The SMILES string of the molecule is C[C@]12C=CC(=O)C=C1CC[C@@H]1[C@@H]2[C@@H](O)C[C@@]2(C)[C@H]1C[C@H]1O[C@H](c3ccc(CC45CC(NC(=O)OCc6ccc(NC(=O)[C@H](CCC(=O)O)NC(=O)CNC(=O)CCN7C(=O)C=CC7=O)cc6)(C4)C5)cc3)O[C@]12C(=O)CO. The van der Waals surface area contributed by atoms with Crippen LogP contribution in [0.1, 0.15) is 101 Å². The minimum absolute atomic E-state index is 0.00585. The number of nitrogens with zero attached hydrogens (tertiary/aromatic N) is 1. The highest BCUT2D eigenvalue weighted by Gasteiger charge is 2.76. The number of aliphatic hydroxyl groups excluding tert-OH is 2. The van der Waals surface area contributed by atoms with E-state index in [0.29, 0.717) is 24.1 Å². The van der Waals surface area contributed by atoms with Gasteiger partial charge in [0.15, 0.2) is 23.5 Å². The van der Waals surface area contributed by atoms with Gasteiger partial charge in [-0.1, -0.05) is 61.9 Å². The Bertz CT molecular complexity index is 2820. The number of alkyl carbamates (subject to hydrolysis) is 1. The van der Waals surface area contributed by atoms with Crippen LogP contribution in [0.4, 0.5) is 10.5 Å². The minimum Gasteiger partial charge on any atom is -0.481 e. The third-order valence-corrected chi connectivity index (χ3v) is 17.9. The number of carbonyl (C=O) groups excluding carboxylic acids is 8. The van der Waals surface area contributed by atoms with E-state index in [0.717, 1.165) is 72.3 Å². The van der Waals surface area contributed by atoms with Crippen molar-refractivity contribution in [1.82, 2.24) is 20.9 Å². The fraction of sp³-hybridized carbons (Fsp3) is 0.518. The van der Waals surface area contributed by atoms with Gasteiger partial charge in [0, 0.05) is 65.1 Å². The van der Waals surface area contributed by atoms with Gasteiger partial charge in [0.25, 0.3) is 11.8 Å². The van der Waals surface area contributed by atoms with Crippen molar-refractivity contribution in [3.63, 3.8) is 0 Å². The molecular formula is C56H63N5O15. The van der Waals surface area contributed by atoms with Crippen LogP contribution in [-0.4, -0.2) is 122 Å². The molecule has 10 atom stereocenters. The van der Waals surface area contributed by atoms with Gasteiger partial charge in [-0.3, -0.25) is 43.3 Å². The molecule has 2 aromatic carbocycles. The highest BCUT2D eigenvalue weighted by Crippen LogP contribution is 2.71. The fourth-order valence-electron chi connectivity index (χ4n) is 14.6. The highest BCUT2D eigenvalue weighted by atomic mass is 16.7. The van der Waals surface area contributed by atoms with Gasteiger partial charge in [0.1, 0.15) is 19.3 Å². The number of hydrogen-bond acceptors (Lipinski definition) is 14.